The lowest BCUT2D eigenvalue weighted by molar-refractivity contribution is -0.276. The van der Waals surface area contributed by atoms with Gasteiger partial charge in [0.15, 0.2) is 25.2 Å². The van der Waals surface area contributed by atoms with Crippen molar-refractivity contribution in [2.24, 2.45) is 48.7 Å². The van der Waals surface area contributed by atoms with Gasteiger partial charge in [-0.1, -0.05) is 125 Å². The first-order valence-corrected chi connectivity index (χ1v) is 37.8. The maximum absolute atomic E-state index is 14.5. The first kappa shape index (κ1) is 97.3. The Morgan fingerprint density at radius 1 is 0.346 bits per heavy atom. The van der Waals surface area contributed by atoms with Crippen LogP contribution in [0.5, 0.6) is 0 Å². The monoisotopic (exact) mass is 1540 g/mol. The molecule has 6 amide bonds. The van der Waals surface area contributed by atoms with Crippen molar-refractivity contribution < 1.29 is 117 Å². The fraction of sp³-hybridized carbons (Fsp3) is 0.922. The molecule has 0 spiro atoms. The van der Waals surface area contributed by atoms with Gasteiger partial charge < -0.3 is 120 Å². The molecule has 15 N–H and O–H groups in total. The molecule has 0 saturated carbocycles. The maximum atomic E-state index is 14.5. The van der Waals surface area contributed by atoms with Crippen LogP contribution in [0.1, 0.15) is 225 Å². The number of rotatable bonds is 43. The van der Waals surface area contributed by atoms with E-state index in [9.17, 15) is 74.7 Å². The molecule has 3 heterocycles. The Kier molecular flexibility index (Phi) is 34.8. The van der Waals surface area contributed by atoms with Gasteiger partial charge in [0, 0.05) is 56.7 Å². The van der Waals surface area contributed by atoms with Crippen molar-refractivity contribution in [3.05, 3.63) is 0 Å². The van der Waals surface area contributed by atoms with Crippen molar-refractivity contribution >= 4 is 35.4 Å². The van der Waals surface area contributed by atoms with Crippen molar-refractivity contribution in [1.29, 1.82) is 0 Å². The van der Waals surface area contributed by atoms with E-state index in [1.807, 2.05) is 166 Å². The highest BCUT2D eigenvalue weighted by Gasteiger charge is 2.51. The molecule has 3 fully saturated rings. The number of aliphatic hydroxyl groups excluding tert-OH is 9. The van der Waals surface area contributed by atoms with Gasteiger partial charge in [-0.15, -0.1) is 0 Å². The molecule has 0 aromatic rings. The highest BCUT2D eigenvalue weighted by Crippen LogP contribution is 2.42. The quantitative estimate of drug-likeness (QED) is 0.0388. The number of carbonyl (C=O) groups excluding carboxylic acids is 6. The fourth-order valence-electron chi connectivity index (χ4n) is 16.3. The molecule has 3 aliphatic heterocycles. The smallest absolute Gasteiger partial charge is 0.225 e. The van der Waals surface area contributed by atoms with Crippen molar-refractivity contribution in [2.45, 2.75) is 340 Å². The van der Waals surface area contributed by atoms with Crippen LogP contribution in [0, 0.1) is 48.7 Å². The van der Waals surface area contributed by atoms with Gasteiger partial charge in [0.2, 0.25) is 35.4 Å². The summed E-state index contributed by atoms with van der Waals surface area (Å²) in [5, 5.41) is 111. The van der Waals surface area contributed by atoms with E-state index in [2.05, 4.69) is 31.9 Å². The predicted octanol–water partition coefficient (Wildman–Crippen LogP) is 3.50. The van der Waals surface area contributed by atoms with E-state index < -0.39 is 201 Å². The van der Waals surface area contributed by atoms with E-state index in [-0.39, 0.29) is 83.0 Å². The van der Waals surface area contributed by atoms with Crippen LogP contribution in [0.3, 0.4) is 0 Å². The van der Waals surface area contributed by atoms with Crippen molar-refractivity contribution in [3.63, 3.8) is 0 Å². The van der Waals surface area contributed by atoms with E-state index >= 15 is 0 Å². The Bertz CT molecular complexity index is 2740. The standard InChI is InChI=1S/C77H144N6O24/c1-44(87)81-51-57(93)54(90)47(28-84)103-60(51)99-41-69(10,11)32-66(4,5)38-78-63(96)72(16,17)35-75(22,23)102-31-50(106-76(24,25)36-73(18,19)64(97)79-39-67(6,7)33-70(12,13)42-100-61-52(82-45(2)88)58(94)55(91)48(29-85)104-61)107-77(26,27)37-74(20,21)65(98)80-40-68(8,9)34-71(14,15)43-101-62-53(83-46(3)89)59(95)56(92)49(30-86)105-62/h47-62,84-86,90-95H,28-43H2,1-27H3,(H,78,96)(H,79,97)(H,80,98)(H,81,87)(H,82,88)(H,83,89). The summed E-state index contributed by atoms with van der Waals surface area (Å²) >= 11 is 0. The normalized spacial score (nSPS) is 26.7. The summed E-state index contributed by atoms with van der Waals surface area (Å²) in [6.45, 7) is 49.1. The maximum Gasteiger partial charge on any atom is 0.225 e. The van der Waals surface area contributed by atoms with E-state index in [0.29, 0.717) is 19.3 Å². The third kappa shape index (κ3) is 31.5. The first-order valence-electron chi connectivity index (χ1n) is 37.8. The van der Waals surface area contributed by atoms with Gasteiger partial charge in [0.25, 0.3) is 0 Å². The van der Waals surface area contributed by atoms with Crippen molar-refractivity contribution in [3.8, 4) is 0 Å². The van der Waals surface area contributed by atoms with Crippen LogP contribution in [0.25, 0.3) is 0 Å². The topological polar surface area (TPSA) is 440 Å². The summed E-state index contributed by atoms with van der Waals surface area (Å²) in [4.78, 5) is 79.5. The summed E-state index contributed by atoms with van der Waals surface area (Å²) < 4.78 is 56.6. The molecule has 0 radical (unpaired) electrons. The molecule has 0 aromatic carbocycles. The molecular formula is C77H144N6O24. The summed E-state index contributed by atoms with van der Waals surface area (Å²) in [7, 11) is 0. The number of carbonyl (C=O) groups is 6. The van der Waals surface area contributed by atoms with Crippen molar-refractivity contribution in [1.82, 2.24) is 31.9 Å². The Balaban J connectivity index is 1.83. The highest BCUT2D eigenvalue weighted by atomic mass is 16.7. The Hall–Kier alpha value is -3.90. The minimum Gasteiger partial charge on any atom is -0.394 e. The molecule has 15 unspecified atom stereocenters. The lowest BCUT2D eigenvalue weighted by Gasteiger charge is -2.44. The molecule has 626 valence electrons. The second kappa shape index (κ2) is 38.3. The minimum absolute atomic E-state index is 0.0901. The SMILES string of the molecule is CC(=O)NC1C(OCC(C)(C)CC(C)(C)CNC(=O)C(C)(C)CC(C)(C)OCC(OC(C)(C)CC(C)(C)C(=O)NCC(C)(C)CC(C)(C)COC2OC(CO)C(O)C(O)C2NC(C)=O)OC(C)(C)CC(C)(C)C(=O)NCC(C)(C)CC(C)(C)COC2OC(CO)C(O)C(O)C2NC(C)=O)OC(CO)C(O)C1O. The fourth-order valence-corrected chi connectivity index (χ4v) is 16.3. The summed E-state index contributed by atoms with van der Waals surface area (Å²) in [5.74, 6) is -2.13. The predicted molar refractivity (Wildman–Crippen MR) is 399 cm³/mol. The van der Waals surface area contributed by atoms with Gasteiger partial charge in [-0.05, 0) is 113 Å². The molecule has 0 aliphatic carbocycles. The third-order valence-corrected chi connectivity index (χ3v) is 19.7. The summed E-state index contributed by atoms with van der Waals surface area (Å²) in [6.07, 6.45) is -14.6. The molecule has 3 aliphatic rings. The van der Waals surface area contributed by atoms with Crippen LogP contribution in [0.2, 0.25) is 0 Å². The van der Waals surface area contributed by atoms with E-state index in [4.69, 9.17) is 42.6 Å². The van der Waals surface area contributed by atoms with Gasteiger partial charge in [-0.25, -0.2) is 0 Å². The molecule has 30 nitrogen and oxygen atoms in total. The number of hydrogen-bond donors (Lipinski definition) is 15. The third-order valence-electron chi connectivity index (χ3n) is 19.7. The van der Waals surface area contributed by atoms with Gasteiger partial charge in [0.1, 0.15) is 73.1 Å². The second-order valence-electron chi connectivity index (χ2n) is 39.2. The largest absolute Gasteiger partial charge is 0.394 e. The van der Waals surface area contributed by atoms with Crippen LogP contribution in [0.4, 0.5) is 0 Å². The van der Waals surface area contributed by atoms with Crippen LogP contribution in [0.15, 0.2) is 0 Å². The molecule has 3 saturated heterocycles. The number of nitrogens with one attached hydrogen (secondary N) is 6. The average molecular weight is 1540 g/mol. The highest BCUT2D eigenvalue weighted by molar-refractivity contribution is 5.83. The number of amides is 6. The first-order chi connectivity index (χ1) is 48.4. The molecular weight excluding hydrogens is 1390 g/mol. The molecule has 3 rings (SSSR count). The molecule has 107 heavy (non-hydrogen) atoms. The average Bonchev–Trinajstić information content (AvgIpc) is 0.775. The molecule has 15 atom stereocenters. The lowest BCUT2D eigenvalue weighted by Crippen LogP contribution is -2.64. The van der Waals surface area contributed by atoms with Crippen LogP contribution >= 0.6 is 0 Å². The lowest BCUT2D eigenvalue weighted by atomic mass is 9.75. The molecule has 0 aromatic heterocycles. The van der Waals surface area contributed by atoms with E-state index in [1.165, 1.54) is 20.8 Å². The Labute approximate surface area is 637 Å². The summed E-state index contributed by atoms with van der Waals surface area (Å²) in [5.41, 5.74) is -9.31. The zero-order chi connectivity index (χ0) is 82.6. The number of ether oxygens (including phenoxy) is 9. The van der Waals surface area contributed by atoms with Gasteiger partial charge in [0.05, 0.1) is 63.1 Å². The zero-order valence-corrected chi connectivity index (χ0v) is 69.7. The molecule has 30 heteroatoms. The van der Waals surface area contributed by atoms with Crippen molar-refractivity contribution in [2.75, 3.05) is 65.9 Å². The Morgan fingerprint density at radius 3 is 0.804 bits per heavy atom. The number of aliphatic hydroxyl groups is 9. The second-order valence-corrected chi connectivity index (χ2v) is 39.2. The van der Waals surface area contributed by atoms with Gasteiger partial charge >= 0.3 is 0 Å². The minimum atomic E-state index is -1.47. The van der Waals surface area contributed by atoms with Crippen LogP contribution in [-0.2, 0) is 71.4 Å². The van der Waals surface area contributed by atoms with E-state index in [1.54, 1.807) is 0 Å². The zero-order valence-electron chi connectivity index (χ0n) is 69.7. The van der Waals surface area contributed by atoms with Crippen LogP contribution in [-0.4, -0.2) is 262 Å². The number of hydrogen-bond acceptors (Lipinski definition) is 24. The van der Waals surface area contributed by atoms with Gasteiger partial charge in [-0.2, -0.15) is 0 Å². The molecule has 0 bridgehead atoms. The van der Waals surface area contributed by atoms with Crippen LogP contribution < -0.4 is 31.9 Å². The Morgan fingerprint density at radius 2 is 0.579 bits per heavy atom. The van der Waals surface area contributed by atoms with Gasteiger partial charge in [-0.3, -0.25) is 28.8 Å². The summed E-state index contributed by atoms with van der Waals surface area (Å²) in [6, 6.07) is -3.31. The van der Waals surface area contributed by atoms with E-state index in [0.717, 1.165) is 0 Å².